The fourth-order valence-corrected chi connectivity index (χ4v) is 6.68. The molecule has 4 N–H and O–H groups in total. The van der Waals surface area contributed by atoms with Gasteiger partial charge in [-0.1, -0.05) is 80.6 Å². The number of carbonyl (C=O) groups excluding carboxylic acids is 1. The first kappa shape index (κ1) is 30.5. The fourth-order valence-electron chi connectivity index (χ4n) is 5.00. The topological polar surface area (TPSA) is 178 Å². The van der Waals surface area contributed by atoms with Crippen LogP contribution in [0, 0.1) is 5.92 Å². The Labute approximate surface area is 267 Å². The molecule has 3 aromatic carbocycles. The smallest absolute Gasteiger partial charge is 0.459 e. The maximum atomic E-state index is 14.6. The van der Waals surface area contributed by atoms with E-state index in [9.17, 15) is 29.2 Å². The highest BCUT2D eigenvalue weighted by atomic mass is 31.2. The molecule has 1 aliphatic heterocycles. The van der Waals surface area contributed by atoms with Crippen molar-refractivity contribution in [2.75, 3.05) is 6.61 Å². The number of hydrogen-bond acceptors (Lipinski definition) is 10. The van der Waals surface area contributed by atoms with Gasteiger partial charge in [0, 0.05) is 17.6 Å². The lowest BCUT2D eigenvalue weighted by Gasteiger charge is -2.28. The number of nitrogens with one attached hydrogen (secondary N) is 2. The van der Waals surface area contributed by atoms with E-state index in [4.69, 9.17) is 21.3 Å². The van der Waals surface area contributed by atoms with Gasteiger partial charge in [-0.3, -0.25) is 23.7 Å². The zero-order chi connectivity index (χ0) is 34.8. The maximum Gasteiger partial charge on any atom is 0.459 e. The number of aliphatic hydroxyl groups excluding tert-OH is 1. The number of aliphatic hydroxyl groups is 2. The number of rotatable bonds is 12. The average Bonchev–Trinajstić information content (AvgIpc) is 3.28. The van der Waals surface area contributed by atoms with Crippen LogP contribution in [-0.4, -0.2) is 56.2 Å². The van der Waals surface area contributed by atoms with Gasteiger partial charge in [0.15, 0.2) is 6.23 Å². The number of fused-ring (bicyclic) bond motifs is 1. The molecule has 5 rings (SSSR count). The van der Waals surface area contributed by atoms with E-state index in [2.05, 4.69) is 5.09 Å². The third-order valence-electron chi connectivity index (χ3n) is 7.54. The summed E-state index contributed by atoms with van der Waals surface area (Å²) in [5.41, 5.74) is -3.77. The van der Waals surface area contributed by atoms with Gasteiger partial charge in [0.05, 0.1) is 9.35 Å². The lowest BCUT2D eigenvalue weighted by molar-refractivity contribution is -0.148. The van der Waals surface area contributed by atoms with Crippen molar-refractivity contribution in [3.8, 4) is 5.75 Å². The second-order valence-electron chi connectivity index (χ2n) is 11.4. The third-order valence-corrected chi connectivity index (χ3v) is 9.06. The molecule has 0 bridgehead atoms. The maximum absolute atomic E-state index is 14.6. The molecule has 1 aliphatic rings. The lowest BCUT2D eigenvalue weighted by atomic mass is 9.96. The first-order valence-electron chi connectivity index (χ1n) is 15.5. The molecule has 0 radical (unpaired) electrons. The molecule has 14 heteroatoms. The number of benzene rings is 3. The Kier molecular flexibility index (Phi) is 9.11. The second kappa shape index (κ2) is 13.7. The van der Waals surface area contributed by atoms with E-state index < -0.39 is 79.8 Å². The van der Waals surface area contributed by atoms with Crippen molar-refractivity contribution >= 4 is 24.5 Å². The zero-order valence-corrected chi connectivity index (χ0v) is 26.2. The van der Waals surface area contributed by atoms with Crippen LogP contribution in [0.3, 0.4) is 0 Å². The normalized spacial score (nSPS) is 23.8. The van der Waals surface area contributed by atoms with Crippen molar-refractivity contribution in [3.05, 3.63) is 111 Å². The number of aromatic nitrogens is 2. The van der Waals surface area contributed by atoms with Gasteiger partial charge in [-0.25, -0.2) is 9.36 Å². The Hall–Kier alpha value is -4.10. The first-order valence-corrected chi connectivity index (χ1v) is 16.0. The van der Waals surface area contributed by atoms with Crippen LogP contribution in [0.1, 0.15) is 35.3 Å². The van der Waals surface area contributed by atoms with Crippen LogP contribution >= 0.6 is 7.75 Å². The Morgan fingerprint density at radius 2 is 1.83 bits per heavy atom. The molecule has 1 aromatic heterocycles. The van der Waals surface area contributed by atoms with E-state index in [1.165, 1.54) is 0 Å². The molecule has 6 atom stereocenters. The molecule has 0 aliphatic carbocycles. The largest absolute Gasteiger partial charge is 0.460 e. The molecule has 0 saturated carbocycles. The van der Waals surface area contributed by atoms with Gasteiger partial charge in [0.1, 0.15) is 36.2 Å². The molecule has 46 heavy (non-hydrogen) atoms. The zero-order valence-electron chi connectivity index (χ0n) is 27.3. The Bertz CT molecular complexity index is 1950. The lowest BCUT2D eigenvalue weighted by Crippen LogP contribution is -2.47. The summed E-state index contributed by atoms with van der Waals surface area (Å²) in [7, 11) is -4.56. The molecule has 0 spiro atoms. The molecule has 1 saturated heterocycles. The SMILES string of the molecule is [2H]c1c([2H])n([C@@H]2O[C@H](COP(=O)(NC(C(=O)OCc3ccccc3)C(C)C)Oc3cccc4ccccc34)[C@@H](O)[C@@]2(C)O)c(=O)[nH]c1=O. The predicted octanol–water partition coefficient (Wildman–Crippen LogP) is 3.26. The Morgan fingerprint density at radius 3 is 2.57 bits per heavy atom. The van der Waals surface area contributed by atoms with Crippen molar-refractivity contribution in [1.29, 1.82) is 0 Å². The minimum atomic E-state index is -4.56. The van der Waals surface area contributed by atoms with E-state index in [0.29, 0.717) is 9.95 Å². The van der Waals surface area contributed by atoms with E-state index in [0.717, 1.165) is 17.9 Å². The number of nitrogens with zero attached hydrogens (tertiary/aromatic N) is 1. The van der Waals surface area contributed by atoms with Crippen molar-refractivity contribution in [1.82, 2.24) is 14.6 Å². The number of H-pyrrole nitrogens is 1. The molecule has 0 amide bonds. The summed E-state index contributed by atoms with van der Waals surface area (Å²) >= 11 is 0. The predicted molar refractivity (Wildman–Crippen MR) is 168 cm³/mol. The number of hydrogen-bond donors (Lipinski definition) is 4. The Morgan fingerprint density at radius 1 is 1.13 bits per heavy atom. The Balaban J connectivity index is 1.43. The number of carbonyl (C=O) groups is 1. The van der Waals surface area contributed by atoms with Crippen molar-refractivity contribution < 1.29 is 40.8 Å². The minimum Gasteiger partial charge on any atom is -0.460 e. The first-order chi connectivity index (χ1) is 22.7. The fraction of sp³-hybridized carbons (Fsp3) is 0.344. The molecule has 244 valence electrons. The molecule has 2 heterocycles. The van der Waals surface area contributed by atoms with Gasteiger partial charge in [0.25, 0.3) is 5.56 Å². The van der Waals surface area contributed by atoms with E-state index >= 15 is 0 Å². The highest BCUT2D eigenvalue weighted by Gasteiger charge is 2.54. The van der Waals surface area contributed by atoms with Gasteiger partial charge in [-0.15, -0.1) is 0 Å². The summed E-state index contributed by atoms with van der Waals surface area (Å²) in [6, 6.07) is 19.2. The van der Waals surface area contributed by atoms with E-state index in [1.54, 1.807) is 62.4 Å². The average molecular weight is 656 g/mol. The van der Waals surface area contributed by atoms with Crippen molar-refractivity contribution in [2.24, 2.45) is 5.92 Å². The molecular weight excluding hydrogens is 617 g/mol. The number of ether oxygens (including phenoxy) is 2. The van der Waals surface area contributed by atoms with Crippen LogP contribution in [0.25, 0.3) is 10.8 Å². The quantitative estimate of drug-likeness (QED) is 0.130. The van der Waals surface area contributed by atoms with Crippen LogP contribution in [0.15, 0.2) is 94.6 Å². The molecule has 4 aromatic rings. The molecule has 13 nitrogen and oxygen atoms in total. The summed E-state index contributed by atoms with van der Waals surface area (Å²) in [6.45, 7) is 3.80. The van der Waals surface area contributed by atoms with Crippen LogP contribution in [0.2, 0.25) is 0 Å². The highest BCUT2D eigenvalue weighted by molar-refractivity contribution is 7.52. The van der Waals surface area contributed by atoms with Gasteiger partial charge in [-0.2, -0.15) is 5.09 Å². The summed E-state index contributed by atoms with van der Waals surface area (Å²) in [4.78, 5) is 39.6. The van der Waals surface area contributed by atoms with E-state index in [-0.39, 0.29) is 12.4 Å². The van der Waals surface area contributed by atoms with Gasteiger partial charge in [-0.05, 0) is 29.9 Å². The van der Waals surface area contributed by atoms with Crippen LogP contribution in [-0.2, 0) is 30.0 Å². The van der Waals surface area contributed by atoms with Crippen LogP contribution < -0.4 is 20.9 Å². The van der Waals surface area contributed by atoms with Gasteiger partial charge < -0.3 is 24.2 Å². The van der Waals surface area contributed by atoms with Gasteiger partial charge in [0.2, 0.25) is 0 Å². The number of esters is 1. The summed E-state index contributed by atoms with van der Waals surface area (Å²) in [5.74, 6) is -1.05. The van der Waals surface area contributed by atoms with Crippen molar-refractivity contribution in [3.63, 3.8) is 0 Å². The second-order valence-corrected chi connectivity index (χ2v) is 13.1. The number of aromatic amines is 1. The van der Waals surface area contributed by atoms with Crippen molar-refractivity contribution in [2.45, 2.75) is 57.5 Å². The summed E-state index contributed by atoms with van der Waals surface area (Å²) in [5, 5.41) is 26.3. The molecule has 1 fully saturated rings. The van der Waals surface area contributed by atoms with Crippen LogP contribution in [0.4, 0.5) is 0 Å². The molecular formula is C32H36N3O10P. The standard InChI is InChI=1S/C32H36N3O10P/c1-20(2)27(29(38)42-18-21-10-5-4-6-11-21)34-46(41,45-24-15-9-13-22-12-7-8-14-23(22)24)43-19-25-28(37)32(3,40)30(44-25)35-17-16-26(36)33-31(35)39/h4-17,20,25,27-28,30,37,40H,18-19H2,1-3H3,(H,34,41)(H,33,36,39)/t25-,27?,28-,30-,32-,46?/m1/s1/i16D,17D. The molecule has 2 unspecified atom stereocenters. The minimum absolute atomic E-state index is 0.0410. The summed E-state index contributed by atoms with van der Waals surface area (Å²) < 4.78 is 54.1. The monoisotopic (exact) mass is 655 g/mol. The van der Waals surface area contributed by atoms with Gasteiger partial charge >= 0.3 is 19.4 Å². The highest BCUT2D eigenvalue weighted by Crippen LogP contribution is 2.48. The summed E-state index contributed by atoms with van der Waals surface area (Å²) in [6.07, 6.45) is -5.85. The van der Waals surface area contributed by atoms with E-state index in [1.807, 2.05) is 29.2 Å². The third kappa shape index (κ3) is 7.31. The van der Waals surface area contributed by atoms with Crippen LogP contribution in [0.5, 0.6) is 5.75 Å².